The van der Waals surface area contributed by atoms with Gasteiger partial charge in [-0.15, -0.1) is 0 Å². The summed E-state index contributed by atoms with van der Waals surface area (Å²) in [6, 6.07) is 5.22. The fraction of sp³-hybridized carbons (Fsp3) is 0.500. The lowest BCUT2D eigenvalue weighted by molar-refractivity contribution is -0.125. The Morgan fingerprint density at radius 1 is 1.37 bits per heavy atom. The number of hydrogen-bond acceptors (Lipinski definition) is 6. The highest BCUT2D eigenvalue weighted by Gasteiger charge is 2.41. The van der Waals surface area contributed by atoms with Gasteiger partial charge in [0.05, 0.1) is 22.7 Å². The number of benzene rings is 1. The molecular formula is C20H26N6O. The van der Waals surface area contributed by atoms with E-state index < -0.39 is 11.6 Å². The fourth-order valence-corrected chi connectivity index (χ4v) is 3.79. The molecule has 1 aromatic carbocycles. The van der Waals surface area contributed by atoms with Gasteiger partial charge in [0.15, 0.2) is 0 Å². The number of nitriles is 1. The van der Waals surface area contributed by atoms with Crippen LogP contribution in [0.2, 0.25) is 0 Å². The molecule has 1 fully saturated rings. The molecule has 142 valence electrons. The molecule has 0 unspecified atom stereocenters. The van der Waals surface area contributed by atoms with Gasteiger partial charge in [-0.05, 0) is 30.9 Å². The molecular weight excluding hydrogens is 340 g/mol. The normalized spacial score (nSPS) is 23.8. The maximum absolute atomic E-state index is 12.8. The number of hydrogen-bond donors (Lipinski definition) is 3. The average molecular weight is 366 g/mol. The van der Waals surface area contributed by atoms with E-state index in [4.69, 9.17) is 5.73 Å². The molecule has 4 N–H and O–H groups in total. The van der Waals surface area contributed by atoms with Crippen molar-refractivity contribution >= 4 is 16.9 Å². The van der Waals surface area contributed by atoms with Gasteiger partial charge in [0, 0.05) is 24.5 Å². The molecule has 1 aliphatic heterocycles. The lowest BCUT2D eigenvalue weighted by Gasteiger charge is -2.42. The van der Waals surface area contributed by atoms with Crippen LogP contribution in [0.5, 0.6) is 0 Å². The highest BCUT2D eigenvalue weighted by atomic mass is 16.2. The number of nitrogens with two attached hydrogens (primary N) is 1. The maximum atomic E-state index is 12.8. The van der Waals surface area contributed by atoms with Crippen molar-refractivity contribution in [3.8, 4) is 6.07 Å². The second-order valence-electron chi connectivity index (χ2n) is 7.81. The molecule has 2 heterocycles. The zero-order valence-electron chi connectivity index (χ0n) is 16.0. The zero-order valence-corrected chi connectivity index (χ0v) is 16.0. The summed E-state index contributed by atoms with van der Waals surface area (Å²) < 4.78 is 0. The molecule has 2 aromatic rings. The first kappa shape index (κ1) is 19.2. The van der Waals surface area contributed by atoms with Gasteiger partial charge in [-0.2, -0.15) is 5.26 Å². The minimum absolute atomic E-state index is 0.0357. The quantitative estimate of drug-likeness (QED) is 0.753. The first-order valence-corrected chi connectivity index (χ1v) is 9.30. The van der Waals surface area contributed by atoms with Crippen LogP contribution in [-0.2, 0) is 10.3 Å². The second kappa shape index (κ2) is 7.59. The maximum Gasteiger partial charge on any atom is 0.237 e. The lowest BCUT2D eigenvalue weighted by Crippen LogP contribution is -2.60. The average Bonchev–Trinajstić information content (AvgIpc) is 2.66. The number of nitrogens with one attached hydrogen (secondary N) is 2. The molecule has 1 saturated heterocycles. The van der Waals surface area contributed by atoms with Crippen molar-refractivity contribution in [1.82, 2.24) is 20.6 Å². The molecule has 0 saturated carbocycles. The van der Waals surface area contributed by atoms with E-state index in [-0.39, 0.29) is 11.8 Å². The third kappa shape index (κ3) is 3.64. The van der Waals surface area contributed by atoms with E-state index in [1.54, 1.807) is 18.5 Å². The van der Waals surface area contributed by atoms with Crippen molar-refractivity contribution in [2.24, 2.45) is 17.6 Å². The number of rotatable bonds is 4. The van der Waals surface area contributed by atoms with Gasteiger partial charge in [-0.3, -0.25) is 14.8 Å². The van der Waals surface area contributed by atoms with Gasteiger partial charge in [-0.25, -0.2) is 0 Å². The molecule has 0 bridgehead atoms. The van der Waals surface area contributed by atoms with E-state index >= 15 is 0 Å². The number of carbonyl (C=O) groups is 1. The number of nitrogens with zero attached hydrogens (tertiary/aromatic N) is 3. The van der Waals surface area contributed by atoms with Crippen LogP contribution < -0.4 is 16.4 Å². The number of carbonyl (C=O) groups excluding carboxylic acids is 1. The Hall–Kier alpha value is -2.56. The van der Waals surface area contributed by atoms with Crippen LogP contribution in [0.15, 0.2) is 24.5 Å². The first-order chi connectivity index (χ1) is 12.9. The minimum atomic E-state index is -0.649. The molecule has 27 heavy (non-hydrogen) atoms. The van der Waals surface area contributed by atoms with Crippen LogP contribution in [0.1, 0.15) is 38.3 Å². The summed E-state index contributed by atoms with van der Waals surface area (Å²) in [5.41, 5.74) is 7.99. The lowest BCUT2D eigenvalue weighted by atomic mass is 9.77. The predicted molar refractivity (Wildman–Crippen MR) is 104 cm³/mol. The Morgan fingerprint density at radius 3 is 2.70 bits per heavy atom. The van der Waals surface area contributed by atoms with Crippen LogP contribution >= 0.6 is 0 Å². The summed E-state index contributed by atoms with van der Waals surface area (Å²) in [5, 5.41) is 16.0. The third-order valence-corrected chi connectivity index (χ3v) is 5.26. The number of amides is 1. The standard InChI is InChI=1S/C20H26N6O/c1-12(2)16(22)19(27)26-20(8-13(3)10-23-11-20)15-5-4-14(9-21)17-18(15)25-7-6-24-17/h4-7,12-13,16,23H,8,10-11,22H2,1-3H3,(H,26,27)/t13-,16+,20-/m0/s1. The van der Waals surface area contributed by atoms with Gasteiger partial charge in [0.25, 0.3) is 0 Å². The molecule has 1 amide bonds. The third-order valence-electron chi connectivity index (χ3n) is 5.26. The molecule has 0 radical (unpaired) electrons. The van der Waals surface area contributed by atoms with E-state index in [0.29, 0.717) is 29.1 Å². The van der Waals surface area contributed by atoms with Crippen LogP contribution in [0.25, 0.3) is 11.0 Å². The molecule has 7 nitrogen and oxygen atoms in total. The van der Waals surface area contributed by atoms with Crippen molar-refractivity contribution < 1.29 is 4.79 Å². The van der Waals surface area contributed by atoms with E-state index in [1.807, 2.05) is 19.9 Å². The number of aromatic nitrogens is 2. The summed E-state index contributed by atoms with van der Waals surface area (Å²) in [6.45, 7) is 7.47. The SMILES string of the molecule is CC(C)[C@@H](N)C(=O)N[C@]1(c2ccc(C#N)c3nccnc23)CNC[C@@H](C)C1. The smallest absolute Gasteiger partial charge is 0.237 e. The summed E-state index contributed by atoms with van der Waals surface area (Å²) in [5.74, 6) is 0.215. The van der Waals surface area contributed by atoms with Crippen molar-refractivity contribution in [3.63, 3.8) is 0 Å². The molecule has 1 aliphatic rings. The largest absolute Gasteiger partial charge is 0.344 e. The van der Waals surface area contributed by atoms with Crippen LogP contribution in [0.4, 0.5) is 0 Å². The summed E-state index contributed by atoms with van der Waals surface area (Å²) in [6.07, 6.45) is 3.95. The van der Waals surface area contributed by atoms with E-state index in [0.717, 1.165) is 18.5 Å². The monoisotopic (exact) mass is 366 g/mol. The van der Waals surface area contributed by atoms with Crippen molar-refractivity contribution in [2.75, 3.05) is 13.1 Å². The van der Waals surface area contributed by atoms with Crippen molar-refractivity contribution in [2.45, 2.75) is 38.8 Å². The van der Waals surface area contributed by atoms with Gasteiger partial charge in [-0.1, -0.05) is 26.8 Å². The highest BCUT2D eigenvalue weighted by molar-refractivity contribution is 5.87. The highest BCUT2D eigenvalue weighted by Crippen LogP contribution is 2.35. The van der Waals surface area contributed by atoms with Gasteiger partial charge < -0.3 is 16.4 Å². The first-order valence-electron chi connectivity index (χ1n) is 9.30. The molecule has 0 spiro atoms. The van der Waals surface area contributed by atoms with Crippen LogP contribution in [0.3, 0.4) is 0 Å². The summed E-state index contributed by atoms with van der Waals surface area (Å²) in [7, 11) is 0. The van der Waals surface area contributed by atoms with Crippen molar-refractivity contribution in [1.29, 1.82) is 5.26 Å². The number of fused-ring (bicyclic) bond motifs is 1. The van der Waals surface area contributed by atoms with Crippen LogP contribution in [0, 0.1) is 23.2 Å². The van der Waals surface area contributed by atoms with E-state index in [1.165, 1.54) is 0 Å². The number of piperidine rings is 1. The van der Waals surface area contributed by atoms with E-state index in [9.17, 15) is 10.1 Å². The topological polar surface area (TPSA) is 117 Å². The predicted octanol–water partition coefficient (Wildman–Crippen LogP) is 1.43. The van der Waals surface area contributed by atoms with E-state index in [2.05, 4.69) is 33.6 Å². The Kier molecular flexibility index (Phi) is 5.40. The van der Waals surface area contributed by atoms with Gasteiger partial charge in [0.2, 0.25) is 5.91 Å². The molecule has 7 heteroatoms. The Labute approximate surface area is 159 Å². The molecule has 3 rings (SSSR count). The Balaban J connectivity index is 2.14. The summed E-state index contributed by atoms with van der Waals surface area (Å²) >= 11 is 0. The fourth-order valence-electron chi connectivity index (χ4n) is 3.79. The second-order valence-corrected chi connectivity index (χ2v) is 7.81. The molecule has 0 aliphatic carbocycles. The Morgan fingerprint density at radius 2 is 2.07 bits per heavy atom. The van der Waals surface area contributed by atoms with Gasteiger partial charge in [0.1, 0.15) is 11.6 Å². The Bertz CT molecular complexity index is 890. The van der Waals surface area contributed by atoms with Gasteiger partial charge >= 0.3 is 0 Å². The zero-order chi connectivity index (χ0) is 19.6. The van der Waals surface area contributed by atoms with Crippen LogP contribution in [-0.4, -0.2) is 35.0 Å². The summed E-state index contributed by atoms with van der Waals surface area (Å²) in [4.78, 5) is 21.7. The minimum Gasteiger partial charge on any atom is -0.344 e. The molecule has 3 atom stereocenters. The van der Waals surface area contributed by atoms with Crippen molar-refractivity contribution in [3.05, 3.63) is 35.7 Å². The molecule has 1 aromatic heterocycles.